The second-order valence-corrected chi connectivity index (χ2v) is 10.3. The van der Waals surface area contributed by atoms with Gasteiger partial charge in [0.05, 0.1) is 0 Å². The molecule has 0 atom stereocenters. The minimum atomic E-state index is -8.29. The molecule has 21 heteroatoms. The lowest BCUT2D eigenvalue weighted by molar-refractivity contribution is -0.433. The third-order valence-corrected chi connectivity index (χ3v) is 7.16. The minimum Gasteiger partial charge on any atom is -0.378 e. The summed E-state index contributed by atoms with van der Waals surface area (Å²) in [6, 6.07) is 11.2. The van der Waals surface area contributed by atoms with Crippen LogP contribution in [0.25, 0.3) is 10.6 Å². The zero-order valence-corrected chi connectivity index (χ0v) is 20.7. The van der Waals surface area contributed by atoms with Gasteiger partial charge in [-0.2, -0.15) is 65.5 Å². The molecule has 3 aromatic rings. The molecule has 0 amide bonds. The topological polar surface area (TPSA) is 81.2 Å². The first kappa shape index (κ1) is 32.2. The normalized spacial score (nSPS) is 14.2. The molecule has 3 rings (SSSR count). The van der Waals surface area contributed by atoms with E-state index < -0.39 is 51.0 Å². The van der Waals surface area contributed by atoms with Crippen molar-refractivity contribution in [3.05, 3.63) is 54.6 Å². The zero-order chi connectivity index (χ0) is 31.3. The van der Waals surface area contributed by atoms with Crippen molar-refractivity contribution in [1.29, 1.82) is 0 Å². The molecule has 226 valence electrons. The molecular formula is C20H10F13N3O3S2. The van der Waals surface area contributed by atoms with E-state index in [1.165, 1.54) is 0 Å². The summed E-state index contributed by atoms with van der Waals surface area (Å²) in [7, 11) is -7.46. The monoisotopic (exact) mass is 651 g/mol. The van der Waals surface area contributed by atoms with Crippen LogP contribution in [0.3, 0.4) is 0 Å². The summed E-state index contributed by atoms with van der Waals surface area (Å²) in [4.78, 5) is 0. The number of nitrogens with zero attached hydrogens (tertiary/aromatic N) is 2. The molecule has 0 radical (unpaired) electrons. The zero-order valence-electron chi connectivity index (χ0n) is 19.0. The van der Waals surface area contributed by atoms with Crippen LogP contribution < -0.4 is 9.50 Å². The molecule has 0 aliphatic rings. The number of rotatable bonds is 10. The van der Waals surface area contributed by atoms with E-state index in [9.17, 15) is 65.5 Å². The Balaban J connectivity index is 1.85. The molecule has 0 unspecified atom stereocenters. The van der Waals surface area contributed by atoms with Crippen molar-refractivity contribution < 1.29 is 69.7 Å². The first-order valence-corrected chi connectivity index (χ1v) is 12.4. The summed E-state index contributed by atoms with van der Waals surface area (Å²) in [5.41, 5.74) is 0.693. The van der Waals surface area contributed by atoms with Gasteiger partial charge in [0.25, 0.3) is 0 Å². The largest absolute Gasteiger partial charge is 0.460 e. The lowest BCUT2D eigenvalue weighted by atomic mass is 9.98. The van der Waals surface area contributed by atoms with Crippen molar-refractivity contribution in [2.24, 2.45) is 0 Å². The Morgan fingerprint density at radius 3 is 1.68 bits per heavy atom. The van der Waals surface area contributed by atoms with Gasteiger partial charge in [-0.3, -0.25) is 0 Å². The minimum absolute atomic E-state index is 0.0889. The number of para-hydroxylation sites is 1. The number of aromatic nitrogens is 2. The fourth-order valence-corrected chi connectivity index (χ4v) is 4.46. The SMILES string of the molecule is O=S(=O)(Oc1ccc(-c2nnc(Nc3ccccc3)s2)cc1)C(F)(F)C(F)(F)C(F)(F)C(F)(F)C(F)(F)C(F)(F)F. The Kier molecular flexibility index (Phi) is 7.98. The van der Waals surface area contributed by atoms with Crippen LogP contribution in [0, 0.1) is 0 Å². The average molecular weight is 651 g/mol. The van der Waals surface area contributed by atoms with E-state index in [2.05, 4.69) is 19.7 Å². The number of nitrogens with one attached hydrogen (secondary N) is 1. The summed E-state index contributed by atoms with van der Waals surface area (Å²) in [5.74, 6) is -33.9. The molecule has 2 aromatic carbocycles. The number of alkyl halides is 13. The Morgan fingerprint density at radius 2 is 1.17 bits per heavy atom. The first-order valence-electron chi connectivity index (χ1n) is 10.2. The van der Waals surface area contributed by atoms with Crippen LogP contribution in [0.15, 0.2) is 54.6 Å². The van der Waals surface area contributed by atoms with Gasteiger partial charge in [0, 0.05) is 11.3 Å². The summed E-state index contributed by atoms with van der Waals surface area (Å²) < 4.78 is 199. The van der Waals surface area contributed by atoms with Gasteiger partial charge in [-0.25, -0.2) is 0 Å². The van der Waals surface area contributed by atoms with Gasteiger partial charge in [0.2, 0.25) is 5.13 Å². The van der Waals surface area contributed by atoms with E-state index in [1.807, 2.05) is 0 Å². The van der Waals surface area contributed by atoms with Crippen LogP contribution >= 0.6 is 11.3 Å². The van der Waals surface area contributed by atoms with Crippen LogP contribution in [0.5, 0.6) is 5.75 Å². The highest BCUT2D eigenvalue weighted by Gasteiger charge is 2.93. The maximum absolute atomic E-state index is 14.1. The maximum Gasteiger partial charge on any atom is 0.460 e. The summed E-state index contributed by atoms with van der Waals surface area (Å²) in [5, 5.41) is 3.33. The number of halogens is 13. The van der Waals surface area contributed by atoms with E-state index in [0.717, 1.165) is 23.5 Å². The van der Waals surface area contributed by atoms with E-state index in [0.29, 0.717) is 17.8 Å². The molecular weight excluding hydrogens is 641 g/mol. The van der Waals surface area contributed by atoms with Gasteiger partial charge >= 0.3 is 45.2 Å². The fraction of sp³-hybridized carbons (Fsp3) is 0.300. The van der Waals surface area contributed by atoms with E-state index >= 15 is 0 Å². The first-order chi connectivity index (χ1) is 18.5. The highest BCUT2D eigenvalue weighted by Crippen LogP contribution is 2.61. The highest BCUT2D eigenvalue weighted by molar-refractivity contribution is 7.88. The Labute approximate surface area is 223 Å². The van der Waals surface area contributed by atoms with Gasteiger partial charge in [-0.1, -0.05) is 29.5 Å². The second-order valence-electron chi connectivity index (χ2n) is 7.78. The third-order valence-electron chi connectivity index (χ3n) is 4.98. The fourth-order valence-electron chi connectivity index (χ4n) is 2.78. The highest BCUT2D eigenvalue weighted by atomic mass is 32.2. The van der Waals surface area contributed by atoms with Crippen LogP contribution in [0.4, 0.5) is 67.9 Å². The third kappa shape index (κ3) is 5.35. The number of anilines is 2. The lowest BCUT2D eigenvalue weighted by Crippen LogP contribution is -2.71. The van der Waals surface area contributed by atoms with Crippen molar-refractivity contribution in [2.45, 2.75) is 35.1 Å². The Bertz CT molecular complexity index is 1480. The molecule has 0 saturated carbocycles. The van der Waals surface area contributed by atoms with Crippen molar-refractivity contribution in [2.75, 3.05) is 5.32 Å². The predicted octanol–water partition coefficient (Wildman–Crippen LogP) is 7.35. The van der Waals surface area contributed by atoms with Gasteiger partial charge in [-0.05, 0) is 36.4 Å². The summed E-state index contributed by atoms with van der Waals surface area (Å²) in [6.07, 6.45) is -7.63. The quantitative estimate of drug-likeness (QED) is 0.182. The molecule has 0 spiro atoms. The molecule has 0 fully saturated rings. The van der Waals surface area contributed by atoms with Crippen LogP contribution in [0.2, 0.25) is 0 Å². The maximum atomic E-state index is 14.1. The number of benzene rings is 2. The molecule has 1 heterocycles. The Morgan fingerprint density at radius 1 is 0.659 bits per heavy atom. The van der Waals surface area contributed by atoms with Crippen molar-refractivity contribution >= 4 is 32.3 Å². The molecule has 6 nitrogen and oxygen atoms in total. The Hall–Kier alpha value is -3.36. The average Bonchev–Trinajstić information content (AvgIpc) is 3.32. The van der Waals surface area contributed by atoms with Gasteiger partial charge in [-0.15, -0.1) is 10.2 Å². The van der Waals surface area contributed by atoms with Crippen LogP contribution in [0.1, 0.15) is 0 Å². The second kappa shape index (κ2) is 10.2. The standard InChI is InChI=1S/C20H10F13N3O3S2/c21-15(22,17(25,26)19(29,30)31)16(23,24)18(27,28)20(32,33)41(37,38)39-12-8-6-10(7-9-12)13-35-36-14(40-13)34-11-4-2-1-3-5-11/h1-9H,(H,34,36). The molecule has 1 N–H and O–H groups in total. The predicted molar refractivity (Wildman–Crippen MR) is 115 cm³/mol. The van der Waals surface area contributed by atoms with E-state index in [-0.39, 0.29) is 15.7 Å². The van der Waals surface area contributed by atoms with E-state index in [4.69, 9.17) is 0 Å². The van der Waals surface area contributed by atoms with Gasteiger partial charge < -0.3 is 9.50 Å². The molecule has 0 aliphatic heterocycles. The molecule has 1 aromatic heterocycles. The van der Waals surface area contributed by atoms with Crippen molar-refractivity contribution in [3.8, 4) is 16.3 Å². The lowest BCUT2D eigenvalue weighted by Gasteiger charge is -2.38. The van der Waals surface area contributed by atoms with Crippen molar-refractivity contribution in [3.63, 3.8) is 0 Å². The molecule has 0 bridgehead atoms. The summed E-state index contributed by atoms with van der Waals surface area (Å²) >= 11 is 0.909. The molecule has 0 aliphatic carbocycles. The smallest absolute Gasteiger partial charge is 0.378 e. The number of hydrogen-bond donors (Lipinski definition) is 1. The van der Waals surface area contributed by atoms with Gasteiger partial charge in [0.1, 0.15) is 10.8 Å². The van der Waals surface area contributed by atoms with Crippen molar-refractivity contribution in [1.82, 2.24) is 10.2 Å². The number of hydrogen-bond acceptors (Lipinski definition) is 7. The molecule has 0 saturated heterocycles. The summed E-state index contributed by atoms with van der Waals surface area (Å²) in [6.45, 7) is 0. The van der Waals surface area contributed by atoms with Crippen LogP contribution in [-0.2, 0) is 10.1 Å². The van der Waals surface area contributed by atoms with Crippen LogP contribution in [-0.4, -0.2) is 53.7 Å². The van der Waals surface area contributed by atoms with E-state index in [1.54, 1.807) is 30.3 Å². The molecule has 41 heavy (non-hydrogen) atoms. The van der Waals surface area contributed by atoms with Gasteiger partial charge in [0.15, 0.2) is 0 Å².